The molecule has 2 aromatic heterocycles. The van der Waals surface area contributed by atoms with Gasteiger partial charge in [-0.1, -0.05) is 0 Å². The van der Waals surface area contributed by atoms with E-state index in [-0.39, 0.29) is 11.7 Å². The summed E-state index contributed by atoms with van der Waals surface area (Å²) in [7, 11) is 0. The van der Waals surface area contributed by atoms with Crippen LogP contribution in [-0.4, -0.2) is 21.3 Å². The Hall–Kier alpha value is -1.67. The Morgan fingerprint density at radius 1 is 1.55 bits per heavy atom. The maximum Gasteiger partial charge on any atom is 0.258 e. The van der Waals surface area contributed by atoms with E-state index in [0.717, 1.165) is 22.7 Å². The van der Waals surface area contributed by atoms with Crippen molar-refractivity contribution < 1.29 is 4.79 Å². The van der Waals surface area contributed by atoms with E-state index in [0.29, 0.717) is 23.2 Å². The third kappa shape index (κ3) is 2.91. The van der Waals surface area contributed by atoms with Gasteiger partial charge in [0.15, 0.2) is 5.82 Å². The molecule has 1 aliphatic rings. The molecule has 1 saturated carbocycles. The highest BCUT2D eigenvalue weighted by molar-refractivity contribution is 7.12. The molecule has 1 amide bonds. The molecule has 0 atom stereocenters. The first-order valence-corrected chi connectivity index (χ1v) is 7.93. The predicted octanol–water partition coefficient (Wildman–Crippen LogP) is 1.99. The molecular weight excluding hydrogens is 294 g/mol. The minimum absolute atomic E-state index is 0.142. The van der Waals surface area contributed by atoms with Gasteiger partial charge in [-0.05, 0) is 31.3 Å². The molecule has 0 spiro atoms. The smallest absolute Gasteiger partial charge is 0.258 e. The van der Waals surface area contributed by atoms with Gasteiger partial charge in [-0.2, -0.15) is 4.37 Å². The number of carbonyl (C=O) groups is 1. The Bertz CT molecular complexity index is 632. The summed E-state index contributed by atoms with van der Waals surface area (Å²) < 4.78 is 4.06. The van der Waals surface area contributed by atoms with Crippen LogP contribution in [0.15, 0.2) is 6.20 Å². The summed E-state index contributed by atoms with van der Waals surface area (Å²) in [5.41, 5.74) is 6.25. The molecule has 1 aliphatic carbocycles. The zero-order valence-electron chi connectivity index (χ0n) is 11.0. The van der Waals surface area contributed by atoms with Crippen LogP contribution < -0.4 is 16.4 Å². The Balaban J connectivity index is 1.70. The number of nitrogens with two attached hydrogens (primary N) is 1. The number of anilines is 2. The molecule has 20 heavy (non-hydrogen) atoms. The maximum absolute atomic E-state index is 12.1. The summed E-state index contributed by atoms with van der Waals surface area (Å²) in [4.78, 5) is 17.6. The number of nitrogen functional groups attached to an aromatic ring is 1. The molecule has 4 N–H and O–H groups in total. The molecule has 0 aromatic carbocycles. The Kier molecular flexibility index (Phi) is 3.58. The zero-order chi connectivity index (χ0) is 14.1. The number of carbonyl (C=O) groups excluding carboxylic acids is 1. The Labute approximate surface area is 124 Å². The fourth-order valence-corrected chi connectivity index (χ4v) is 3.20. The van der Waals surface area contributed by atoms with Crippen molar-refractivity contribution in [3.63, 3.8) is 0 Å². The largest absolute Gasteiger partial charge is 0.382 e. The lowest BCUT2D eigenvalue weighted by Crippen LogP contribution is -2.26. The van der Waals surface area contributed by atoms with Crippen LogP contribution in [0.3, 0.4) is 0 Å². The number of rotatable bonds is 5. The van der Waals surface area contributed by atoms with Crippen LogP contribution in [0.25, 0.3) is 0 Å². The van der Waals surface area contributed by atoms with Crippen molar-refractivity contribution in [2.24, 2.45) is 0 Å². The van der Waals surface area contributed by atoms with Gasteiger partial charge in [-0.25, -0.2) is 4.98 Å². The molecule has 0 bridgehead atoms. The van der Waals surface area contributed by atoms with Crippen molar-refractivity contribution in [2.45, 2.75) is 32.4 Å². The van der Waals surface area contributed by atoms with Gasteiger partial charge in [0.05, 0.1) is 6.54 Å². The van der Waals surface area contributed by atoms with Crippen molar-refractivity contribution in [1.82, 2.24) is 14.7 Å². The molecule has 1 fully saturated rings. The maximum atomic E-state index is 12.1. The topological polar surface area (TPSA) is 92.9 Å². The summed E-state index contributed by atoms with van der Waals surface area (Å²) in [6, 6.07) is 0.302. The number of amides is 1. The second-order valence-electron chi connectivity index (χ2n) is 4.74. The van der Waals surface area contributed by atoms with E-state index in [1.165, 1.54) is 11.5 Å². The van der Waals surface area contributed by atoms with Crippen LogP contribution in [0.4, 0.5) is 10.8 Å². The fourth-order valence-electron chi connectivity index (χ4n) is 1.77. The normalized spacial score (nSPS) is 14.2. The fraction of sp³-hybridized carbons (Fsp3) is 0.417. The van der Waals surface area contributed by atoms with E-state index in [4.69, 9.17) is 5.73 Å². The number of aryl methyl sites for hydroxylation is 1. The molecule has 6 nitrogen and oxygen atoms in total. The highest BCUT2D eigenvalue weighted by Gasteiger charge is 2.27. The first kappa shape index (κ1) is 13.3. The highest BCUT2D eigenvalue weighted by Crippen LogP contribution is 2.29. The number of nitrogens with zero attached hydrogens (tertiary/aromatic N) is 2. The van der Waals surface area contributed by atoms with Crippen molar-refractivity contribution in [1.29, 1.82) is 0 Å². The average Bonchev–Trinajstić information content (AvgIpc) is 2.99. The standard InChI is InChI=1S/C12H15N5OS2/c1-6-4-14-8(19-6)5-15-12-9(10(13)17-20-12)11(18)16-7-2-3-7/h4,7,15H,2-3,5H2,1H3,(H2,13,17)(H,16,18). The van der Waals surface area contributed by atoms with Gasteiger partial charge in [0.1, 0.15) is 15.6 Å². The van der Waals surface area contributed by atoms with E-state index >= 15 is 0 Å². The van der Waals surface area contributed by atoms with E-state index in [9.17, 15) is 4.79 Å². The van der Waals surface area contributed by atoms with E-state index in [2.05, 4.69) is 20.0 Å². The lowest BCUT2D eigenvalue weighted by molar-refractivity contribution is 0.0953. The first-order chi connectivity index (χ1) is 9.63. The quantitative estimate of drug-likeness (QED) is 0.785. The first-order valence-electron chi connectivity index (χ1n) is 6.34. The van der Waals surface area contributed by atoms with Gasteiger partial charge < -0.3 is 16.4 Å². The summed E-state index contributed by atoms with van der Waals surface area (Å²) in [5.74, 6) is 0.141. The highest BCUT2D eigenvalue weighted by atomic mass is 32.1. The van der Waals surface area contributed by atoms with Crippen LogP contribution in [0.2, 0.25) is 0 Å². The van der Waals surface area contributed by atoms with Crippen molar-refractivity contribution >= 4 is 39.6 Å². The van der Waals surface area contributed by atoms with Gasteiger partial charge in [-0.3, -0.25) is 4.79 Å². The third-order valence-corrected chi connectivity index (χ3v) is 4.66. The van der Waals surface area contributed by atoms with Crippen molar-refractivity contribution in [3.8, 4) is 0 Å². The number of hydrogen-bond donors (Lipinski definition) is 3. The molecule has 0 unspecified atom stereocenters. The van der Waals surface area contributed by atoms with E-state index in [1.54, 1.807) is 11.3 Å². The molecule has 0 radical (unpaired) electrons. The van der Waals surface area contributed by atoms with Crippen LogP contribution in [-0.2, 0) is 6.54 Å². The third-order valence-electron chi connectivity index (χ3n) is 2.93. The van der Waals surface area contributed by atoms with Crippen LogP contribution >= 0.6 is 22.9 Å². The Morgan fingerprint density at radius 3 is 3.00 bits per heavy atom. The molecule has 2 aromatic rings. The lowest BCUT2D eigenvalue weighted by atomic mass is 10.3. The second-order valence-corrected chi connectivity index (χ2v) is 6.83. The van der Waals surface area contributed by atoms with Crippen molar-refractivity contribution in [3.05, 3.63) is 21.6 Å². The SMILES string of the molecule is Cc1cnc(CNc2snc(N)c2C(=O)NC2CC2)s1. The molecular formula is C12H15N5OS2. The van der Waals surface area contributed by atoms with Gasteiger partial charge >= 0.3 is 0 Å². The number of aromatic nitrogens is 2. The molecule has 106 valence electrons. The van der Waals surface area contributed by atoms with Crippen LogP contribution in [0.5, 0.6) is 0 Å². The summed E-state index contributed by atoms with van der Waals surface area (Å²) in [5, 5.41) is 7.81. The second kappa shape index (κ2) is 5.37. The van der Waals surface area contributed by atoms with E-state index < -0.39 is 0 Å². The molecule has 0 saturated heterocycles. The van der Waals surface area contributed by atoms with Gasteiger partial charge in [0, 0.05) is 17.1 Å². The predicted molar refractivity (Wildman–Crippen MR) is 81.2 cm³/mol. The molecule has 2 heterocycles. The monoisotopic (exact) mass is 309 g/mol. The average molecular weight is 309 g/mol. The Morgan fingerprint density at radius 2 is 2.35 bits per heavy atom. The summed E-state index contributed by atoms with van der Waals surface area (Å²) in [6.45, 7) is 2.59. The zero-order valence-corrected chi connectivity index (χ0v) is 12.6. The summed E-state index contributed by atoms with van der Waals surface area (Å²) >= 11 is 2.84. The van der Waals surface area contributed by atoms with Crippen LogP contribution in [0.1, 0.15) is 33.1 Å². The number of hydrogen-bond acceptors (Lipinski definition) is 7. The molecule has 8 heteroatoms. The lowest BCUT2D eigenvalue weighted by Gasteiger charge is -2.06. The van der Waals surface area contributed by atoms with Gasteiger partial charge in [0.2, 0.25) is 0 Å². The van der Waals surface area contributed by atoms with Crippen molar-refractivity contribution in [2.75, 3.05) is 11.1 Å². The number of nitrogens with one attached hydrogen (secondary N) is 2. The van der Waals surface area contributed by atoms with E-state index in [1.807, 2.05) is 13.1 Å². The van der Waals surface area contributed by atoms with Gasteiger partial charge in [-0.15, -0.1) is 11.3 Å². The molecule has 3 rings (SSSR count). The minimum atomic E-state index is -0.142. The number of thiazole rings is 1. The molecule has 0 aliphatic heterocycles. The summed E-state index contributed by atoms with van der Waals surface area (Å²) in [6.07, 6.45) is 3.93. The van der Waals surface area contributed by atoms with Gasteiger partial charge in [0.25, 0.3) is 5.91 Å². The van der Waals surface area contributed by atoms with Crippen LogP contribution in [0, 0.1) is 6.92 Å². The minimum Gasteiger partial charge on any atom is -0.382 e.